The van der Waals surface area contributed by atoms with Crippen LogP contribution in [-0.4, -0.2) is 56.6 Å². The topological polar surface area (TPSA) is 51.2 Å². The third-order valence-corrected chi connectivity index (χ3v) is 3.67. The maximum absolute atomic E-state index is 9.85. The monoisotopic (exact) mass is 281 g/mol. The van der Waals surface area contributed by atoms with Crippen molar-refractivity contribution in [2.24, 2.45) is 0 Å². The van der Waals surface area contributed by atoms with Crippen LogP contribution in [0.1, 0.15) is 11.1 Å². The van der Waals surface area contributed by atoms with Crippen LogP contribution in [0.3, 0.4) is 0 Å². The molecule has 0 amide bonds. The molecule has 0 bridgehead atoms. The van der Waals surface area contributed by atoms with E-state index in [2.05, 4.69) is 11.0 Å². The van der Waals surface area contributed by atoms with Crippen molar-refractivity contribution in [3.8, 4) is 5.75 Å². The highest BCUT2D eigenvalue weighted by Crippen LogP contribution is 2.23. The average molecular weight is 281 g/mol. The number of hydrogen-bond acceptors (Lipinski definition) is 5. The lowest BCUT2D eigenvalue weighted by Gasteiger charge is -2.17. The number of aliphatic hydroxyl groups is 1. The fourth-order valence-electron chi connectivity index (χ4n) is 2.65. The van der Waals surface area contributed by atoms with Gasteiger partial charge in [0.25, 0.3) is 0 Å². The molecule has 1 aliphatic heterocycles. The molecule has 0 saturated carbocycles. The van der Waals surface area contributed by atoms with Crippen LogP contribution in [0.2, 0.25) is 0 Å². The van der Waals surface area contributed by atoms with Gasteiger partial charge in [-0.3, -0.25) is 4.90 Å². The fraction of sp³-hybridized carbons (Fsp3) is 0.600. The zero-order valence-corrected chi connectivity index (χ0v) is 12.3. The Morgan fingerprint density at radius 2 is 2.05 bits per heavy atom. The molecule has 0 radical (unpaired) electrons. The Labute approximate surface area is 120 Å². The van der Waals surface area contributed by atoms with Gasteiger partial charge in [0.2, 0.25) is 0 Å². The van der Waals surface area contributed by atoms with Crippen molar-refractivity contribution in [1.82, 2.24) is 4.90 Å². The molecule has 1 aliphatic rings. The lowest BCUT2D eigenvalue weighted by Crippen LogP contribution is -2.25. The molecule has 1 heterocycles. The van der Waals surface area contributed by atoms with Gasteiger partial charge in [-0.05, 0) is 17.7 Å². The van der Waals surface area contributed by atoms with Crippen LogP contribution in [0.15, 0.2) is 18.2 Å². The largest absolute Gasteiger partial charge is 0.496 e. The van der Waals surface area contributed by atoms with Gasteiger partial charge in [-0.2, -0.15) is 0 Å². The van der Waals surface area contributed by atoms with Crippen LogP contribution in [0, 0.1) is 0 Å². The van der Waals surface area contributed by atoms with Crippen LogP contribution in [0.5, 0.6) is 5.75 Å². The summed E-state index contributed by atoms with van der Waals surface area (Å²) in [6.07, 6.45) is -0.497. The minimum atomic E-state index is -0.406. The smallest absolute Gasteiger partial charge is 0.124 e. The number of rotatable bonds is 6. The first-order valence-corrected chi connectivity index (χ1v) is 6.76. The predicted molar refractivity (Wildman–Crippen MR) is 75.8 cm³/mol. The number of benzene rings is 1. The van der Waals surface area contributed by atoms with Crippen molar-refractivity contribution < 1.29 is 19.3 Å². The molecule has 2 atom stereocenters. The normalized spacial score (nSPS) is 23.2. The van der Waals surface area contributed by atoms with Crippen molar-refractivity contribution in [1.29, 1.82) is 0 Å². The predicted octanol–water partition coefficient (Wildman–Crippen LogP) is 1.03. The molecule has 1 aromatic carbocycles. The Morgan fingerprint density at radius 3 is 2.65 bits per heavy atom. The molecule has 20 heavy (non-hydrogen) atoms. The second-order valence-electron chi connectivity index (χ2n) is 5.11. The van der Waals surface area contributed by atoms with Gasteiger partial charge < -0.3 is 19.3 Å². The molecule has 112 valence electrons. The summed E-state index contributed by atoms with van der Waals surface area (Å²) >= 11 is 0. The van der Waals surface area contributed by atoms with Crippen molar-refractivity contribution in [2.45, 2.75) is 25.4 Å². The summed E-state index contributed by atoms with van der Waals surface area (Å²) in [5.74, 6) is 0.840. The summed E-state index contributed by atoms with van der Waals surface area (Å²) in [6, 6.07) is 6.10. The van der Waals surface area contributed by atoms with Crippen molar-refractivity contribution in [3.05, 3.63) is 29.3 Å². The van der Waals surface area contributed by atoms with Gasteiger partial charge in [-0.25, -0.2) is 0 Å². The molecular weight excluding hydrogens is 258 g/mol. The second-order valence-corrected chi connectivity index (χ2v) is 5.11. The molecule has 0 aliphatic carbocycles. The number of hydrogen-bond donors (Lipinski definition) is 1. The average Bonchev–Trinajstić information content (AvgIpc) is 2.79. The zero-order valence-electron chi connectivity index (χ0n) is 12.3. The Balaban J connectivity index is 2.04. The molecule has 1 N–H and O–H groups in total. The van der Waals surface area contributed by atoms with E-state index in [4.69, 9.17) is 14.2 Å². The molecule has 0 unspecified atom stereocenters. The first kappa shape index (κ1) is 15.3. The number of methoxy groups -OCH3 is 3. The summed E-state index contributed by atoms with van der Waals surface area (Å²) in [6.45, 7) is 2.71. The van der Waals surface area contributed by atoms with E-state index in [1.54, 1.807) is 21.3 Å². The zero-order chi connectivity index (χ0) is 14.5. The molecule has 1 fully saturated rings. The van der Waals surface area contributed by atoms with E-state index < -0.39 is 6.10 Å². The number of likely N-dealkylation sites (tertiary alicyclic amines) is 1. The Morgan fingerprint density at radius 1 is 1.25 bits per heavy atom. The number of β-amino-alcohol motifs (C(OH)–C–C–N with tert-alkyl or cyclic N) is 1. The highest BCUT2D eigenvalue weighted by molar-refractivity contribution is 5.37. The van der Waals surface area contributed by atoms with Gasteiger partial charge in [0.1, 0.15) is 5.75 Å². The van der Waals surface area contributed by atoms with Gasteiger partial charge in [0.05, 0.1) is 25.9 Å². The van der Waals surface area contributed by atoms with Gasteiger partial charge in [-0.1, -0.05) is 6.07 Å². The van der Waals surface area contributed by atoms with Crippen LogP contribution < -0.4 is 4.74 Å². The summed E-state index contributed by atoms with van der Waals surface area (Å²) in [5.41, 5.74) is 2.22. The van der Waals surface area contributed by atoms with E-state index in [9.17, 15) is 5.11 Å². The minimum Gasteiger partial charge on any atom is -0.496 e. The van der Waals surface area contributed by atoms with E-state index in [0.717, 1.165) is 24.4 Å². The maximum atomic E-state index is 9.85. The molecular formula is C15H23NO4. The Bertz CT molecular complexity index is 438. The van der Waals surface area contributed by atoms with E-state index in [0.29, 0.717) is 13.2 Å². The fourth-order valence-corrected chi connectivity index (χ4v) is 2.65. The molecule has 5 heteroatoms. The Hall–Kier alpha value is -1.14. The Kier molecular flexibility index (Phi) is 5.37. The second kappa shape index (κ2) is 7.04. The highest BCUT2D eigenvalue weighted by atomic mass is 16.5. The third-order valence-electron chi connectivity index (χ3n) is 3.67. The minimum absolute atomic E-state index is 0.0910. The SMILES string of the molecule is COCc1cc(CN2C[C@H](OC)[C@@H](O)C2)ccc1OC. The summed E-state index contributed by atoms with van der Waals surface area (Å²) in [5, 5.41) is 9.85. The van der Waals surface area contributed by atoms with Crippen molar-refractivity contribution >= 4 is 0 Å². The quantitative estimate of drug-likeness (QED) is 0.844. The van der Waals surface area contributed by atoms with Crippen LogP contribution in [0.25, 0.3) is 0 Å². The molecule has 0 spiro atoms. The highest BCUT2D eigenvalue weighted by Gasteiger charge is 2.31. The number of aliphatic hydroxyl groups excluding tert-OH is 1. The maximum Gasteiger partial charge on any atom is 0.124 e. The summed E-state index contributed by atoms with van der Waals surface area (Å²) < 4.78 is 15.8. The first-order chi connectivity index (χ1) is 9.67. The van der Waals surface area contributed by atoms with Crippen LogP contribution >= 0.6 is 0 Å². The molecule has 5 nitrogen and oxygen atoms in total. The summed E-state index contributed by atoms with van der Waals surface area (Å²) in [4.78, 5) is 2.19. The molecule has 0 aromatic heterocycles. The standard InChI is InChI=1S/C15H23NO4/c1-18-10-12-6-11(4-5-14(12)19-2)7-16-8-13(17)15(9-16)20-3/h4-6,13,15,17H,7-10H2,1-3H3/t13-,15-/m0/s1. The van der Waals surface area contributed by atoms with Gasteiger partial charge >= 0.3 is 0 Å². The first-order valence-electron chi connectivity index (χ1n) is 6.76. The van der Waals surface area contributed by atoms with Gasteiger partial charge in [0.15, 0.2) is 0 Å². The number of nitrogens with zero attached hydrogens (tertiary/aromatic N) is 1. The van der Waals surface area contributed by atoms with E-state index in [-0.39, 0.29) is 6.10 Å². The lowest BCUT2D eigenvalue weighted by atomic mass is 10.1. The van der Waals surface area contributed by atoms with Crippen molar-refractivity contribution in [2.75, 3.05) is 34.4 Å². The number of ether oxygens (including phenoxy) is 3. The molecule has 1 saturated heterocycles. The molecule has 1 aromatic rings. The lowest BCUT2D eigenvalue weighted by molar-refractivity contribution is 0.0215. The van der Waals surface area contributed by atoms with Gasteiger partial charge in [-0.15, -0.1) is 0 Å². The van der Waals surface area contributed by atoms with Crippen LogP contribution in [0.4, 0.5) is 0 Å². The third kappa shape index (κ3) is 3.49. The van der Waals surface area contributed by atoms with E-state index in [1.165, 1.54) is 5.56 Å². The van der Waals surface area contributed by atoms with E-state index in [1.807, 2.05) is 12.1 Å². The van der Waals surface area contributed by atoms with Gasteiger partial charge in [0, 0.05) is 39.4 Å². The van der Waals surface area contributed by atoms with Crippen molar-refractivity contribution in [3.63, 3.8) is 0 Å². The van der Waals surface area contributed by atoms with E-state index >= 15 is 0 Å². The molecule has 2 rings (SSSR count). The summed E-state index contributed by atoms with van der Waals surface area (Å²) in [7, 11) is 4.97. The van der Waals surface area contributed by atoms with Crippen LogP contribution in [-0.2, 0) is 22.6 Å².